The normalized spacial score (nSPS) is 13.5. The third-order valence-corrected chi connectivity index (χ3v) is 4.42. The van der Waals surface area contributed by atoms with Gasteiger partial charge in [-0.2, -0.15) is 0 Å². The van der Waals surface area contributed by atoms with Crippen molar-refractivity contribution in [1.29, 1.82) is 4.78 Å². The van der Waals surface area contributed by atoms with Gasteiger partial charge >= 0.3 is 0 Å². The quantitative estimate of drug-likeness (QED) is 0.792. The van der Waals surface area contributed by atoms with E-state index >= 15 is 0 Å². The molecule has 0 radical (unpaired) electrons. The van der Waals surface area contributed by atoms with Gasteiger partial charge in [0.15, 0.2) is 5.75 Å². The molecule has 0 aliphatic carbocycles. The molecule has 3 rings (SSSR count). The molecule has 0 bridgehead atoms. The van der Waals surface area contributed by atoms with Gasteiger partial charge in [0.25, 0.3) is 0 Å². The van der Waals surface area contributed by atoms with Crippen LogP contribution in [0.4, 0.5) is 0 Å². The van der Waals surface area contributed by atoms with E-state index in [1.807, 2.05) is 0 Å². The maximum Gasteiger partial charge on any atom is 0.156 e. The molecule has 1 atom stereocenters. The molecule has 118 valence electrons. The Kier molecular flexibility index (Phi) is 3.87. The summed E-state index contributed by atoms with van der Waals surface area (Å²) in [6.07, 6.45) is 4.62. The van der Waals surface area contributed by atoms with Crippen LogP contribution < -0.4 is 9.47 Å². The van der Waals surface area contributed by atoms with E-state index in [0.717, 1.165) is 0 Å². The van der Waals surface area contributed by atoms with Crippen LogP contribution in [0.2, 0.25) is 0 Å². The van der Waals surface area contributed by atoms with Crippen LogP contribution in [0.25, 0.3) is 11.0 Å². The lowest BCUT2D eigenvalue weighted by Crippen LogP contribution is -1.95. The molecule has 2 aromatic heterocycles. The zero-order chi connectivity index (χ0) is 16.4. The third-order valence-electron chi connectivity index (χ3n) is 3.25. The van der Waals surface area contributed by atoms with Crippen molar-refractivity contribution in [3.63, 3.8) is 0 Å². The van der Waals surface area contributed by atoms with Gasteiger partial charge in [0.1, 0.15) is 17.0 Å². The molecule has 3 aromatic rings. The number of aromatic nitrogens is 2. The minimum atomic E-state index is -2.73. The van der Waals surface area contributed by atoms with Crippen molar-refractivity contribution in [2.45, 2.75) is 4.90 Å². The van der Waals surface area contributed by atoms with Gasteiger partial charge in [0, 0.05) is 29.5 Å². The Bertz CT molecular complexity index is 954. The lowest BCUT2D eigenvalue weighted by molar-refractivity contribution is 0.413. The number of fused-ring (bicyclic) bond motifs is 1. The first-order chi connectivity index (χ1) is 11.0. The van der Waals surface area contributed by atoms with Gasteiger partial charge in [0.05, 0.1) is 28.6 Å². The number of hydrogen-bond acceptors (Lipinski definition) is 6. The molecule has 0 fully saturated rings. The first-order valence-electron chi connectivity index (χ1n) is 6.78. The highest BCUT2D eigenvalue weighted by Gasteiger charge is 2.08. The molecule has 23 heavy (non-hydrogen) atoms. The number of nitrogens with one attached hydrogen (secondary N) is 1. The Morgan fingerprint density at radius 2 is 1.83 bits per heavy atom. The average molecular weight is 329 g/mol. The largest absolute Gasteiger partial charge is 0.495 e. The van der Waals surface area contributed by atoms with Crippen molar-refractivity contribution in [2.75, 3.05) is 13.4 Å². The van der Waals surface area contributed by atoms with Gasteiger partial charge in [-0.1, -0.05) is 0 Å². The van der Waals surface area contributed by atoms with E-state index in [1.165, 1.54) is 6.26 Å². The molecular formula is C16H15N3O3S. The summed E-state index contributed by atoms with van der Waals surface area (Å²) in [6.45, 7) is 0. The van der Waals surface area contributed by atoms with E-state index in [-0.39, 0.29) is 0 Å². The summed E-state index contributed by atoms with van der Waals surface area (Å²) in [5.41, 5.74) is 1.29. The molecule has 0 aliphatic rings. The smallest absolute Gasteiger partial charge is 0.156 e. The van der Waals surface area contributed by atoms with E-state index in [9.17, 15) is 4.21 Å². The summed E-state index contributed by atoms with van der Waals surface area (Å²) in [6, 6.07) is 10.1. The molecule has 1 aromatic carbocycles. The van der Waals surface area contributed by atoms with Crippen LogP contribution in [0.1, 0.15) is 0 Å². The average Bonchev–Trinajstić information content (AvgIpc) is 2.54. The maximum atomic E-state index is 11.7. The highest BCUT2D eigenvalue weighted by molar-refractivity contribution is 7.91. The van der Waals surface area contributed by atoms with Crippen LogP contribution in [0.5, 0.6) is 17.2 Å². The minimum absolute atomic E-state index is 0.465. The van der Waals surface area contributed by atoms with Crippen molar-refractivity contribution in [2.24, 2.45) is 0 Å². The number of benzene rings is 1. The van der Waals surface area contributed by atoms with Crippen LogP contribution in [0, 0.1) is 4.78 Å². The van der Waals surface area contributed by atoms with Crippen LogP contribution in [0.15, 0.2) is 53.7 Å². The molecule has 0 aliphatic heterocycles. The number of rotatable bonds is 4. The Hall–Kier alpha value is -2.67. The van der Waals surface area contributed by atoms with Crippen LogP contribution in [-0.4, -0.2) is 27.5 Å². The molecule has 7 heteroatoms. The summed E-state index contributed by atoms with van der Waals surface area (Å²) in [5.74, 6) is 1.76. The van der Waals surface area contributed by atoms with E-state index in [4.69, 9.17) is 14.3 Å². The van der Waals surface area contributed by atoms with Gasteiger partial charge < -0.3 is 9.47 Å². The summed E-state index contributed by atoms with van der Waals surface area (Å²) < 4.78 is 30.2. The Morgan fingerprint density at radius 1 is 1.09 bits per heavy atom. The number of hydrogen-bond donors (Lipinski definition) is 1. The lowest BCUT2D eigenvalue weighted by Gasteiger charge is -2.09. The second-order valence-corrected chi connectivity index (χ2v) is 7.13. The Morgan fingerprint density at radius 3 is 2.48 bits per heavy atom. The van der Waals surface area contributed by atoms with Gasteiger partial charge in [0.2, 0.25) is 0 Å². The molecule has 0 amide bonds. The van der Waals surface area contributed by atoms with Crippen molar-refractivity contribution in [3.05, 3.63) is 48.8 Å². The summed E-state index contributed by atoms with van der Waals surface area (Å²) in [4.78, 5) is 9.03. The Labute approximate surface area is 134 Å². The Balaban J connectivity index is 1.95. The number of ether oxygens (including phenoxy) is 2. The molecule has 0 saturated carbocycles. The first kappa shape index (κ1) is 15.2. The second-order valence-electron chi connectivity index (χ2n) is 4.97. The molecular weight excluding hydrogens is 314 g/mol. The van der Waals surface area contributed by atoms with Crippen molar-refractivity contribution >= 4 is 20.8 Å². The van der Waals surface area contributed by atoms with Crippen LogP contribution in [-0.2, 0) is 9.73 Å². The molecule has 0 spiro atoms. The van der Waals surface area contributed by atoms with Crippen molar-refractivity contribution in [1.82, 2.24) is 9.97 Å². The highest BCUT2D eigenvalue weighted by Crippen LogP contribution is 2.29. The fourth-order valence-corrected chi connectivity index (χ4v) is 2.73. The number of nitrogens with zero attached hydrogens (tertiary/aromatic N) is 2. The molecule has 0 saturated heterocycles. The number of methoxy groups -OCH3 is 1. The lowest BCUT2D eigenvalue weighted by atomic mass is 10.3. The van der Waals surface area contributed by atoms with Crippen molar-refractivity contribution in [3.8, 4) is 17.2 Å². The summed E-state index contributed by atoms with van der Waals surface area (Å²) in [5, 5.41) is 0. The molecule has 1 unspecified atom stereocenters. The summed E-state index contributed by atoms with van der Waals surface area (Å²) in [7, 11) is -1.15. The van der Waals surface area contributed by atoms with E-state index in [2.05, 4.69) is 9.97 Å². The van der Waals surface area contributed by atoms with Gasteiger partial charge in [-0.3, -0.25) is 4.98 Å². The van der Waals surface area contributed by atoms with Gasteiger partial charge in [-0.15, -0.1) is 0 Å². The predicted octanol–water partition coefficient (Wildman–Crippen LogP) is 3.47. The first-order valence-corrected chi connectivity index (χ1v) is 8.74. The standard InChI is InChI=1S/C16H15N3O3S/c1-21-12-9-14-16(19-10-12)15(7-8-18-14)22-11-3-5-13(6-4-11)23(2,17)20/h3-10,17H,1-2H3. The molecule has 1 N–H and O–H groups in total. The van der Waals surface area contributed by atoms with E-state index in [1.54, 1.807) is 55.9 Å². The highest BCUT2D eigenvalue weighted by atomic mass is 32.2. The fourth-order valence-electron chi connectivity index (χ4n) is 2.08. The van der Waals surface area contributed by atoms with Crippen molar-refractivity contribution < 1.29 is 13.7 Å². The van der Waals surface area contributed by atoms with E-state index in [0.29, 0.717) is 33.2 Å². The predicted molar refractivity (Wildman–Crippen MR) is 87.7 cm³/mol. The minimum Gasteiger partial charge on any atom is -0.495 e. The second kappa shape index (κ2) is 5.85. The topological polar surface area (TPSA) is 85.2 Å². The fraction of sp³-hybridized carbons (Fsp3) is 0.125. The van der Waals surface area contributed by atoms with E-state index < -0.39 is 9.73 Å². The zero-order valence-electron chi connectivity index (χ0n) is 12.6. The summed E-state index contributed by atoms with van der Waals surface area (Å²) >= 11 is 0. The van der Waals surface area contributed by atoms with Crippen LogP contribution in [0.3, 0.4) is 0 Å². The SMILES string of the molecule is COc1cnc2c(Oc3ccc(S(C)(=N)=O)cc3)ccnc2c1. The maximum absolute atomic E-state index is 11.7. The molecule has 6 nitrogen and oxygen atoms in total. The monoisotopic (exact) mass is 329 g/mol. The zero-order valence-corrected chi connectivity index (χ0v) is 13.5. The van der Waals surface area contributed by atoms with Gasteiger partial charge in [-0.25, -0.2) is 14.0 Å². The van der Waals surface area contributed by atoms with Gasteiger partial charge in [-0.05, 0) is 24.3 Å². The molecule has 2 heterocycles. The van der Waals surface area contributed by atoms with Crippen LogP contribution >= 0.6 is 0 Å². The third kappa shape index (κ3) is 3.24. The number of pyridine rings is 2.